The maximum absolute atomic E-state index is 11.4. The quantitative estimate of drug-likeness (QED) is 0.587. The zero-order valence-electron chi connectivity index (χ0n) is 7.56. The minimum absolute atomic E-state index is 0.0521. The second-order valence-corrected chi connectivity index (χ2v) is 3.95. The smallest absolute Gasteiger partial charge is 0.315 e. The number of carboxylic acids is 1. The van der Waals surface area contributed by atoms with Gasteiger partial charge >= 0.3 is 5.97 Å². The lowest BCUT2D eigenvalue weighted by molar-refractivity contribution is -0.151. The van der Waals surface area contributed by atoms with Crippen molar-refractivity contribution in [3.63, 3.8) is 0 Å². The van der Waals surface area contributed by atoms with Gasteiger partial charge in [-0.05, 0) is 19.9 Å². The van der Waals surface area contributed by atoms with Gasteiger partial charge < -0.3 is 5.11 Å². The number of carboxylic acid groups (broad SMARTS) is 1. The van der Waals surface area contributed by atoms with Crippen molar-refractivity contribution in [1.82, 2.24) is 4.90 Å². The molecule has 2 rings (SSSR count). The van der Waals surface area contributed by atoms with Crippen LogP contribution in [-0.4, -0.2) is 40.9 Å². The van der Waals surface area contributed by atoms with Crippen LogP contribution in [0.2, 0.25) is 0 Å². The van der Waals surface area contributed by atoms with Crippen LogP contribution in [-0.2, 0) is 9.59 Å². The summed E-state index contributed by atoms with van der Waals surface area (Å²) < 4.78 is 0. The first-order chi connectivity index (χ1) is 6.11. The van der Waals surface area contributed by atoms with E-state index in [0.717, 1.165) is 12.8 Å². The van der Waals surface area contributed by atoms with E-state index in [1.54, 1.807) is 0 Å². The van der Waals surface area contributed by atoms with Gasteiger partial charge in [0.15, 0.2) is 0 Å². The summed E-state index contributed by atoms with van der Waals surface area (Å²) in [5.41, 5.74) is 0. The first kappa shape index (κ1) is 8.69. The Morgan fingerprint density at radius 3 is 2.85 bits per heavy atom. The number of piperidine rings is 1. The van der Waals surface area contributed by atoms with Gasteiger partial charge in [0, 0.05) is 18.5 Å². The molecule has 0 radical (unpaired) electrons. The number of nitrogens with zero attached hydrogens (tertiary/aromatic N) is 1. The fourth-order valence-electron chi connectivity index (χ4n) is 2.57. The van der Waals surface area contributed by atoms with Crippen LogP contribution < -0.4 is 0 Å². The van der Waals surface area contributed by atoms with Crippen LogP contribution in [0.15, 0.2) is 0 Å². The van der Waals surface area contributed by atoms with Gasteiger partial charge in [0.05, 0.1) is 0 Å². The van der Waals surface area contributed by atoms with Crippen LogP contribution in [0.3, 0.4) is 0 Å². The number of fused-ring (bicyclic) bond motifs is 2. The highest BCUT2D eigenvalue weighted by molar-refractivity contribution is 6.00. The maximum Gasteiger partial charge on any atom is 0.315 e. The lowest BCUT2D eigenvalue weighted by Crippen LogP contribution is -2.49. The fourth-order valence-corrected chi connectivity index (χ4v) is 2.57. The third kappa shape index (κ3) is 1.16. The van der Waals surface area contributed by atoms with Crippen LogP contribution in [0.1, 0.15) is 19.3 Å². The monoisotopic (exact) mass is 183 g/mol. The summed E-state index contributed by atoms with van der Waals surface area (Å²) in [5, 5.41) is 8.90. The molecule has 3 atom stereocenters. The van der Waals surface area contributed by atoms with Gasteiger partial charge in [-0.3, -0.25) is 14.5 Å². The van der Waals surface area contributed by atoms with Crippen molar-refractivity contribution in [2.24, 2.45) is 5.92 Å². The number of Topliss-reactive ketones (excluding diaryl/α,β-unsaturated/α-hetero) is 1. The molecular formula is C9H13NO3. The summed E-state index contributed by atoms with van der Waals surface area (Å²) in [6, 6.07) is 0.247. The standard InChI is InChI=1S/C9H13NO3/c1-10-5-2-3-6(10)8(9(12)13)7(11)4-5/h5-6,8H,2-4H2,1H3,(H,12,13). The fraction of sp³-hybridized carbons (Fsp3) is 0.778. The van der Waals surface area contributed by atoms with Crippen molar-refractivity contribution in [1.29, 1.82) is 0 Å². The van der Waals surface area contributed by atoms with Crippen molar-refractivity contribution >= 4 is 11.8 Å². The van der Waals surface area contributed by atoms with Gasteiger partial charge in [-0.25, -0.2) is 0 Å². The molecule has 0 aromatic rings. The molecule has 72 valence electrons. The van der Waals surface area contributed by atoms with Gasteiger partial charge in [0.1, 0.15) is 11.7 Å². The van der Waals surface area contributed by atoms with Gasteiger partial charge in [-0.2, -0.15) is 0 Å². The third-order valence-electron chi connectivity index (χ3n) is 3.33. The minimum Gasteiger partial charge on any atom is -0.481 e. The molecule has 0 aromatic carbocycles. The van der Waals surface area contributed by atoms with Crippen molar-refractivity contribution in [2.75, 3.05) is 7.05 Å². The van der Waals surface area contributed by atoms with E-state index in [9.17, 15) is 9.59 Å². The third-order valence-corrected chi connectivity index (χ3v) is 3.33. The van der Waals surface area contributed by atoms with Gasteiger partial charge in [-0.15, -0.1) is 0 Å². The second kappa shape index (κ2) is 2.80. The normalized spacial score (nSPS) is 39.5. The van der Waals surface area contributed by atoms with Crippen molar-refractivity contribution in [3.8, 4) is 0 Å². The van der Waals surface area contributed by atoms with E-state index in [2.05, 4.69) is 4.90 Å². The van der Waals surface area contributed by atoms with E-state index < -0.39 is 11.9 Å². The molecule has 0 aliphatic carbocycles. The van der Waals surface area contributed by atoms with Crippen LogP contribution in [0.5, 0.6) is 0 Å². The van der Waals surface area contributed by atoms with E-state index >= 15 is 0 Å². The topological polar surface area (TPSA) is 57.6 Å². The number of hydrogen-bond donors (Lipinski definition) is 1. The van der Waals surface area contributed by atoms with Crippen molar-refractivity contribution in [2.45, 2.75) is 31.3 Å². The average molecular weight is 183 g/mol. The lowest BCUT2D eigenvalue weighted by Gasteiger charge is -2.34. The molecule has 4 nitrogen and oxygen atoms in total. The highest BCUT2D eigenvalue weighted by Gasteiger charge is 2.48. The lowest BCUT2D eigenvalue weighted by atomic mass is 9.89. The van der Waals surface area contributed by atoms with Gasteiger partial charge in [0.2, 0.25) is 0 Å². The molecule has 4 heteroatoms. The molecule has 2 heterocycles. The van der Waals surface area contributed by atoms with Gasteiger partial charge in [-0.1, -0.05) is 0 Å². The molecule has 2 aliphatic heterocycles. The summed E-state index contributed by atoms with van der Waals surface area (Å²) in [7, 11) is 1.92. The zero-order chi connectivity index (χ0) is 9.59. The van der Waals surface area contributed by atoms with E-state index in [4.69, 9.17) is 5.11 Å². The minimum atomic E-state index is -0.956. The maximum atomic E-state index is 11.4. The van der Waals surface area contributed by atoms with E-state index in [0.29, 0.717) is 12.5 Å². The summed E-state index contributed by atoms with van der Waals surface area (Å²) in [4.78, 5) is 24.3. The number of ketones is 1. The largest absolute Gasteiger partial charge is 0.481 e. The van der Waals surface area contributed by atoms with Crippen LogP contribution in [0, 0.1) is 5.92 Å². The Balaban J connectivity index is 2.27. The molecule has 2 saturated heterocycles. The molecular weight excluding hydrogens is 170 g/mol. The Labute approximate surface area is 76.5 Å². The molecule has 3 unspecified atom stereocenters. The second-order valence-electron chi connectivity index (χ2n) is 3.95. The Hall–Kier alpha value is -0.900. The van der Waals surface area contributed by atoms with Crippen molar-refractivity contribution < 1.29 is 14.7 Å². The molecule has 0 spiro atoms. The summed E-state index contributed by atoms with van der Waals surface area (Å²) in [6.45, 7) is 0. The van der Waals surface area contributed by atoms with E-state index in [1.807, 2.05) is 7.05 Å². The molecule has 2 aliphatic rings. The Bertz CT molecular complexity index is 264. The van der Waals surface area contributed by atoms with Crippen LogP contribution in [0.4, 0.5) is 0 Å². The Morgan fingerprint density at radius 1 is 1.54 bits per heavy atom. The van der Waals surface area contributed by atoms with E-state index in [-0.39, 0.29) is 11.8 Å². The Morgan fingerprint density at radius 2 is 2.23 bits per heavy atom. The van der Waals surface area contributed by atoms with Crippen molar-refractivity contribution in [3.05, 3.63) is 0 Å². The average Bonchev–Trinajstić information content (AvgIpc) is 2.34. The SMILES string of the molecule is CN1C2CCC1C(C(=O)O)C(=O)C2. The predicted molar refractivity (Wildman–Crippen MR) is 45.3 cm³/mol. The predicted octanol–water partition coefficient (Wildman–Crippen LogP) is 0.123. The first-order valence-corrected chi connectivity index (χ1v) is 4.58. The van der Waals surface area contributed by atoms with Crippen LogP contribution >= 0.6 is 0 Å². The molecule has 0 saturated carbocycles. The zero-order valence-corrected chi connectivity index (χ0v) is 7.56. The summed E-state index contributed by atoms with van der Waals surface area (Å²) >= 11 is 0. The Kier molecular flexibility index (Phi) is 1.87. The number of carbonyl (C=O) groups is 2. The molecule has 1 N–H and O–H groups in total. The molecule has 2 bridgehead atoms. The van der Waals surface area contributed by atoms with Crippen LogP contribution in [0.25, 0.3) is 0 Å². The number of carbonyl (C=O) groups excluding carboxylic acids is 1. The highest BCUT2D eigenvalue weighted by atomic mass is 16.4. The highest BCUT2D eigenvalue weighted by Crippen LogP contribution is 2.35. The first-order valence-electron chi connectivity index (χ1n) is 4.58. The number of rotatable bonds is 1. The van der Waals surface area contributed by atoms with Gasteiger partial charge in [0.25, 0.3) is 0 Å². The molecule has 0 amide bonds. The number of hydrogen-bond acceptors (Lipinski definition) is 3. The molecule has 0 aromatic heterocycles. The van der Waals surface area contributed by atoms with E-state index in [1.165, 1.54) is 0 Å². The summed E-state index contributed by atoms with van der Waals surface area (Å²) in [6.07, 6.45) is 2.24. The summed E-state index contributed by atoms with van der Waals surface area (Å²) in [5.74, 6) is -1.82. The number of aliphatic carboxylic acids is 1. The molecule has 2 fully saturated rings. The molecule has 13 heavy (non-hydrogen) atoms.